The van der Waals surface area contributed by atoms with Gasteiger partial charge in [-0.15, -0.1) is 10.2 Å². The van der Waals surface area contributed by atoms with Gasteiger partial charge in [-0.3, -0.25) is 4.79 Å². The fourth-order valence-electron chi connectivity index (χ4n) is 3.84. The molecule has 1 aromatic carbocycles. The molecule has 2 fully saturated rings. The molecule has 0 radical (unpaired) electrons. The molecule has 1 aliphatic carbocycles. The number of carbonyl (C=O) groups excluding carboxylic acids is 2. The molecule has 1 aromatic heterocycles. The van der Waals surface area contributed by atoms with Crippen molar-refractivity contribution in [1.29, 1.82) is 0 Å². The zero-order valence-corrected chi connectivity index (χ0v) is 17.7. The van der Waals surface area contributed by atoms with Crippen LogP contribution in [0.1, 0.15) is 56.8 Å². The number of nitrogens with zero attached hydrogens (tertiary/aromatic N) is 4. The van der Waals surface area contributed by atoms with Gasteiger partial charge in [-0.25, -0.2) is 4.79 Å². The van der Waals surface area contributed by atoms with E-state index in [1.807, 2.05) is 49.9 Å². The lowest BCUT2D eigenvalue weighted by atomic mass is 10.0. The van der Waals surface area contributed by atoms with Gasteiger partial charge < -0.3 is 19.0 Å². The Morgan fingerprint density at radius 1 is 1.07 bits per heavy atom. The van der Waals surface area contributed by atoms with Gasteiger partial charge in [0.25, 0.3) is 5.91 Å². The molecule has 0 N–H and O–H groups in total. The molecule has 0 bridgehead atoms. The second-order valence-corrected chi connectivity index (χ2v) is 8.96. The quantitative estimate of drug-likeness (QED) is 0.760. The molecule has 4 rings (SSSR count). The standard InChI is InChI=1S/C22H28N4O4/c1-22(2,3)30-21(28)25-12-10-18(11-13-25)26(17-8-9-17)20(27)16-6-4-15(5-7-16)19-24-23-14-29-19/h4-7,14,17-18H,8-13H2,1-3H3. The number of carbonyl (C=O) groups is 2. The van der Waals surface area contributed by atoms with E-state index in [0.717, 1.165) is 31.2 Å². The van der Waals surface area contributed by atoms with Crippen LogP contribution < -0.4 is 0 Å². The van der Waals surface area contributed by atoms with Crippen LogP contribution in [0.3, 0.4) is 0 Å². The zero-order valence-electron chi connectivity index (χ0n) is 17.7. The van der Waals surface area contributed by atoms with Crippen LogP contribution in [-0.4, -0.2) is 62.8 Å². The van der Waals surface area contributed by atoms with Crippen LogP contribution in [0, 0.1) is 0 Å². The minimum atomic E-state index is -0.503. The van der Waals surface area contributed by atoms with Crippen molar-refractivity contribution in [2.24, 2.45) is 0 Å². The minimum Gasteiger partial charge on any atom is -0.444 e. The van der Waals surface area contributed by atoms with Crippen molar-refractivity contribution in [1.82, 2.24) is 20.0 Å². The van der Waals surface area contributed by atoms with Gasteiger partial charge in [0.1, 0.15) is 5.60 Å². The first-order valence-electron chi connectivity index (χ1n) is 10.5. The Bertz CT molecular complexity index is 877. The lowest BCUT2D eigenvalue weighted by molar-refractivity contribution is 0.0142. The third kappa shape index (κ3) is 4.63. The summed E-state index contributed by atoms with van der Waals surface area (Å²) in [6, 6.07) is 7.72. The summed E-state index contributed by atoms with van der Waals surface area (Å²) in [5.74, 6) is 0.479. The maximum atomic E-state index is 13.3. The van der Waals surface area contributed by atoms with Gasteiger partial charge in [0.05, 0.1) is 0 Å². The number of rotatable bonds is 4. The third-order valence-electron chi connectivity index (χ3n) is 5.42. The van der Waals surface area contributed by atoms with Crippen LogP contribution in [0.15, 0.2) is 35.1 Å². The number of aromatic nitrogens is 2. The van der Waals surface area contributed by atoms with Crippen LogP contribution in [0.5, 0.6) is 0 Å². The minimum absolute atomic E-state index is 0.0466. The molecule has 2 aliphatic rings. The molecule has 0 unspecified atom stereocenters. The van der Waals surface area contributed by atoms with Crippen LogP contribution in [0.25, 0.3) is 11.5 Å². The van der Waals surface area contributed by atoms with Gasteiger partial charge in [0.15, 0.2) is 0 Å². The average molecular weight is 412 g/mol. The fourth-order valence-corrected chi connectivity index (χ4v) is 3.84. The van der Waals surface area contributed by atoms with Crippen LogP contribution >= 0.6 is 0 Å². The SMILES string of the molecule is CC(C)(C)OC(=O)N1CCC(N(C(=O)c2ccc(-c3nnco3)cc2)C2CC2)CC1. The van der Waals surface area contributed by atoms with E-state index in [-0.39, 0.29) is 18.0 Å². The number of benzene rings is 1. The predicted molar refractivity (Wildman–Crippen MR) is 110 cm³/mol. The summed E-state index contributed by atoms with van der Waals surface area (Å²) in [5.41, 5.74) is 0.935. The van der Waals surface area contributed by atoms with E-state index >= 15 is 0 Å². The monoisotopic (exact) mass is 412 g/mol. The van der Waals surface area contributed by atoms with Gasteiger partial charge >= 0.3 is 6.09 Å². The zero-order chi connectivity index (χ0) is 21.3. The summed E-state index contributed by atoms with van der Waals surface area (Å²) in [5, 5.41) is 7.58. The van der Waals surface area contributed by atoms with Gasteiger partial charge in [-0.1, -0.05) is 0 Å². The molecular formula is C22H28N4O4. The normalized spacial score (nSPS) is 17.6. The van der Waals surface area contributed by atoms with Crippen molar-refractivity contribution in [2.45, 2.75) is 64.1 Å². The number of hydrogen-bond donors (Lipinski definition) is 0. The Kier molecular flexibility index (Phi) is 5.49. The van der Waals surface area contributed by atoms with Crippen molar-refractivity contribution in [3.63, 3.8) is 0 Å². The summed E-state index contributed by atoms with van der Waals surface area (Å²) in [7, 11) is 0. The number of hydrogen-bond acceptors (Lipinski definition) is 6. The molecule has 1 saturated carbocycles. The van der Waals surface area contributed by atoms with Crippen molar-refractivity contribution < 1.29 is 18.7 Å². The average Bonchev–Trinajstić information content (AvgIpc) is 3.39. The number of piperidine rings is 1. The summed E-state index contributed by atoms with van der Waals surface area (Å²) >= 11 is 0. The first-order chi connectivity index (χ1) is 14.3. The maximum Gasteiger partial charge on any atom is 0.410 e. The van der Waals surface area contributed by atoms with Gasteiger partial charge in [-0.05, 0) is 70.7 Å². The lowest BCUT2D eigenvalue weighted by Crippen LogP contribution is -2.50. The Morgan fingerprint density at radius 2 is 1.70 bits per heavy atom. The molecule has 8 heteroatoms. The number of ether oxygens (including phenoxy) is 1. The summed E-state index contributed by atoms with van der Waals surface area (Å²) in [4.78, 5) is 29.4. The van der Waals surface area contributed by atoms with E-state index < -0.39 is 5.60 Å². The van der Waals surface area contributed by atoms with E-state index in [2.05, 4.69) is 10.2 Å². The van der Waals surface area contributed by atoms with Crippen molar-refractivity contribution in [3.8, 4) is 11.5 Å². The number of likely N-dealkylation sites (tertiary alicyclic amines) is 1. The Labute approximate surface area is 176 Å². The second-order valence-electron chi connectivity index (χ2n) is 8.96. The van der Waals surface area contributed by atoms with E-state index in [4.69, 9.17) is 9.15 Å². The van der Waals surface area contributed by atoms with E-state index in [1.165, 1.54) is 6.39 Å². The Balaban J connectivity index is 1.41. The van der Waals surface area contributed by atoms with E-state index in [9.17, 15) is 9.59 Å². The second kappa shape index (κ2) is 8.08. The highest BCUT2D eigenvalue weighted by molar-refractivity contribution is 5.95. The summed E-state index contributed by atoms with van der Waals surface area (Å²) < 4.78 is 10.7. The largest absolute Gasteiger partial charge is 0.444 e. The van der Waals surface area contributed by atoms with Gasteiger partial charge in [0, 0.05) is 36.3 Å². The van der Waals surface area contributed by atoms with Crippen LogP contribution in [0.2, 0.25) is 0 Å². The molecule has 8 nitrogen and oxygen atoms in total. The molecule has 0 atom stereocenters. The molecule has 0 spiro atoms. The highest BCUT2D eigenvalue weighted by atomic mass is 16.6. The maximum absolute atomic E-state index is 13.3. The third-order valence-corrected chi connectivity index (χ3v) is 5.42. The molecule has 1 aliphatic heterocycles. The van der Waals surface area contributed by atoms with Crippen LogP contribution in [-0.2, 0) is 4.74 Å². The fraction of sp³-hybridized carbons (Fsp3) is 0.545. The molecular weight excluding hydrogens is 384 g/mol. The van der Waals surface area contributed by atoms with Crippen molar-refractivity contribution in [3.05, 3.63) is 36.2 Å². The Morgan fingerprint density at radius 3 is 2.23 bits per heavy atom. The smallest absolute Gasteiger partial charge is 0.410 e. The lowest BCUT2D eigenvalue weighted by Gasteiger charge is -2.39. The van der Waals surface area contributed by atoms with Crippen LogP contribution in [0.4, 0.5) is 4.79 Å². The highest BCUT2D eigenvalue weighted by Crippen LogP contribution is 2.33. The molecule has 30 heavy (non-hydrogen) atoms. The number of amides is 2. The first-order valence-corrected chi connectivity index (χ1v) is 10.5. The molecule has 2 aromatic rings. The molecule has 1 saturated heterocycles. The molecule has 160 valence electrons. The van der Waals surface area contributed by atoms with Gasteiger partial charge in [-0.2, -0.15) is 0 Å². The predicted octanol–water partition coefficient (Wildman–Crippen LogP) is 3.74. The van der Waals surface area contributed by atoms with Gasteiger partial charge in [0.2, 0.25) is 12.3 Å². The van der Waals surface area contributed by atoms with E-state index in [0.29, 0.717) is 30.6 Å². The van der Waals surface area contributed by atoms with E-state index in [1.54, 1.807) is 4.90 Å². The Hall–Kier alpha value is -2.90. The highest BCUT2D eigenvalue weighted by Gasteiger charge is 2.39. The summed E-state index contributed by atoms with van der Waals surface area (Å²) in [6.07, 6.45) is 4.62. The molecule has 2 heterocycles. The summed E-state index contributed by atoms with van der Waals surface area (Å²) in [6.45, 7) is 6.82. The topological polar surface area (TPSA) is 88.8 Å². The first kappa shape index (κ1) is 20.4. The molecule has 2 amide bonds. The van der Waals surface area contributed by atoms with Crippen molar-refractivity contribution in [2.75, 3.05) is 13.1 Å². The van der Waals surface area contributed by atoms with Crippen molar-refractivity contribution >= 4 is 12.0 Å².